The highest BCUT2D eigenvalue weighted by Crippen LogP contribution is 2.11. The molecule has 2 rings (SSSR count). The van der Waals surface area contributed by atoms with Crippen LogP contribution in [0.15, 0.2) is 30.3 Å². The van der Waals surface area contributed by atoms with Gasteiger partial charge < -0.3 is 10.2 Å². The van der Waals surface area contributed by atoms with Crippen LogP contribution in [0.3, 0.4) is 0 Å². The fraction of sp³-hybridized carbons (Fsp3) is 0.385. The van der Waals surface area contributed by atoms with Crippen LogP contribution in [-0.4, -0.2) is 41.7 Å². The van der Waals surface area contributed by atoms with Crippen LogP contribution in [0.5, 0.6) is 0 Å². The summed E-state index contributed by atoms with van der Waals surface area (Å²) in [5.41, 5.74) is 0.639. The number of halogens is 1. The standard InChI is InChI=1S/C13H15ClN2O2/c14-8-12(17)16-7-6-11(9-16)15-13(18)10-4-2-1-3-5-10/h1-5,11H,6-9H2,(H,15,18). The molecule has 1 aliphatic heterocycles. The second-order valence-electron chi connectivity index (χ2n) is 4.30. The molecule has 1 unspecified atom stereocenters. The second-order valence-corrected chi connectivity index (χ2v) is 4.57. The Morgan fingerprint density at radius 3 is 2.72 bits per heavy atom. The molecule has 0 bridgehead atoms. The van der Waals surface area contributed by atoms with Crippen molar-refractivity contribution in [2.45, 2.75) is 12.5 Å². The minimum absolute atomic E-state index is 0.000643. The minimum Gasteiger partial charge on any atom is -0.347 e. The van der Waals surface area contributed by atoms with E-state index in [0.29, 0.717) is 18.7 Å². The van der Waals surface area contributed by atoms with Gasteiger partial charge in [0.1, 0.15) is 5.88 Å². The van der Waals surface area contributed by atoms with E-state index in [9.17, 15) is 9.59 Å². The summed E-state index contributed by atoms with van der Waals surface area (Å²) in [6, 6.07) is 9.08. The number of hydrogen-bond donors (Lipinski definition) is 1. The average molecular weight is 267 g/mol. The lowest BCUT2D eigenvalue weighted by Crippen LogP contribution is -2.38. The van der Waals surface area contributed by atoms with Crippen LogP contribution in [0.25, 0.3) is 0 Å². The van der Waals surface area contributed by atoms with Crippen molar-refractivity contribution in [1.82, 2.24) is 10.2 Å². The van der Waals surface area contributed by atoms with Crippen molar-refractivity contribution in [3.05, 3.63) is 35.9 Å². The van der Waals surface area contributed by atoms with Gasteiger partial charge in [-0.15, -0.1) is 11.6 Å². The van der Waals surface area contributed by atoms with Crippen LogP contribution in [0, 0.1) is 0 Å². The molecule has 96 valence electrons. The molecule has 1 atom stereocenters. The van der Waals surface area contributed by atoms with Crippen LogP contribution in [-0.2, 0) is 4.79 Å². The number of nitrogens with one attached hydrogen (secondary N) is 1. The first-order valence-corrected chi connectivity index (χ1v) is 6.44. The molecule has 18 heavy (non-hydrogen) atoms. The van der Waals surface area contributed by atoms with E-state index in [1.54, 1.807) is 17.0 Å². The van der Waals surface area contributed by atoms with E-state index < -0.39 is 0 Å². The van der Waals surface area contributed by atoms with Gasteiger partial charge in [0.15, 0.2) is 0 Å². The Morgan fingerprint density at radius 2 is 2.06 bits per heavy atom. The molecule has 1 aliphatic rings. The first-order valence-electron chi connectivity index (χ1n) is 5.90. The number of benzene rings is 1. The monoisotopic (exact) mass is 266 g/mol. The van der Waals surface area contributed by atoms with Gasteiger partial charge in [-0.25, -0.2) is 0 Å². The summed E-state index contributed by atoms with van der Waals surface area (Å²) in [6.45, 7) is 1.20. The molecule has 0 aromatic heterocycles. The number of rotatable bonds is 3. The smallest absolute Gasteiger partial charge is 0.251 e. The van der Waals surface area contributed by atoms with Crippen molar-refractivity contribution in [1.29, 1.82) is 0 Å². The van der Waals surface area contributed by atoms with Gasteiger partial charge in [0.05, 0.1) is 0 Å². The Kier molecular flexibility index (Phi) is 4.20. The lowest BCUT2D eigenvalue weighted by atomic mass is 10.2. The minimum atomic E-state index is -0.0965. The number of hydrogen-bond acceptors (Lipinski definition) is 2. The molecule has 0 spiro atoms. The topological polar surface area (TPSA) is 49.4 Å². The van der Waals surface area contributed by atoms with E-state index in [1.807, 2.05) is 18.2 Å². The van der Waals surface area contributed by atoms with Crippen molar-refractivity contribution < 1.29 is 9.59 Å². The predicted molar refractivity (Wildman–Crippen MR) is 69.6 cm³/mol. The largest absolute Gasteiger partial charge is 0.347 e. The summed E-state index contributed by atoms with van der Waals surface area (Å²) in [6.07, 6.45) is 0.779. The van der Waals surface area contributed by atoms with Crippen molar-refractivity contribution >= 4 is 23.4 Å². The summed E-state index contributed by atoms with van der Waals surface area (Å²) in [7, 11) is 0. The SMILES string of the molecule is O=C(NC1CCN(C(=O)CCl)C1)c1ccccc1. The fourth-order valence-corrected chi connectivity index (χ4v) is 2.22. The molecule has 1 saturated heterocycles. The van der Waals surface area contributed by atoms with Gasteiger partial charge in [0.25, 0.3) is 5.91 Å². The molecule has 1 fully saturated rings. The van der Waals surface area contributed by atoms with E-state index in [4.69, 9.17) is 11.6 Å². The van der Waals surface area contributed by atoms with Crippen molar-refractivity contribution in [2.75, 3.05) is 19.0 Å². The highest BCUT2D eigenvalue weighted by atomic mass is 35.5. The molecule has 0 aliphatic carbocycles. The van der Waals surface area contributed by atoms with Crippen LogP contribution >= 0.6 is 11.6 Å². The number of carbonyl (C=O) groups excluding carboxylic acids is 2. The highest BCUT2D eigenvalue weighted by molar-refractivity contribution is 6.27. The van der Waals surface area contributed by atoms with Gasteiger partial charge in [-0.3, -0.25) is 9.59 Å². The Morgan fingerprint density at radius 1 is 1.33 bits per heavy atom. The fourth-order valence-electron chi connectivity index (χ4n) is 2.05. The molecule has 2 amide bonds. The molecule has 5 heteroatoms. The van der Waals surface area contributed by atoms with Gasteiger partial charge >= 0.3 is 0 Å². The quantitative estimate of drug-likeness (QED) is 0.838. The maximum absolute atomic E-state index is 11.9. The van der Waals surface area contributed by atoms with Gasteiger partial charge in [0.2, 0.25) is 5.91 Å². The Balaban J connectivity index is 1.89. The van der Waals surface area contributed by atoms with E-state index in [-0.39, 0.29) is 23.7 Å². The maximum atomic E-state index is 11.9. The Labute approximate surface area is 111 Å². The van der Waals surface area contributed by atoms with Crippen LogP contribution < -0.4 is 5.32 Å². The van der Waals surface area contributed by atoms with E-state index in [1.165, 1.54) is 0 Å². The van der Waals surface area contributed by atoms with Crippen LogP contribution in [0.2, 0.25) is 0 Å². The van der Waals surface area contributed by atoms with Crippen LogP contribution in [0.4, 0.5) is 0 Å². The number of carbonyl (C=O) groups is 2. The summed E-state index contributed by atoms with van der Waals surface area (Å²) in [5.74, 6) is -0.173. The van der Waals surface area contributed by atoms with Gasteiger partial charge in [-0.2, -0.15) is 0 Å². The molecule has 1 heterocycles. The lowest BCUT2D eigenvalue weighted by molar-refractivity contribution is -0.127. The summed E-state index contributed by atoms with van der Waals surface area (Å²) in [5, 5.41) is 2.93. The number of amides is 2. The zero-order chi connectivity index (χ0) is 13.0. The van der Waals surface area contributed by atoms with Gasteiger partial charge in [-0.05, 0) is 18.6 Å². The number of likely N-dealkylation sites (tertiary alicyclic amines) is 1. The lowest BCUT2D eigenvalue weighted by Gasteiger charge is -2.15. The third-order valence-corrected chi connectivity index (χ3v) is 3.26. The summed E-state index contributed by atoms with van der Waals surface area (Å²) in [4.78, 5) is 25.0. The highest BCUT2D eigenvalue weighted by Gasteiger charge is 2.26. The summed E-state index contributed by atoms with van der Waals surface area (Å²) >= 11 is 5.50. The molecule has 1 aromatic carbocycles. The molecular weight excluding hydrogens is 252 g/mol. The predicted octanol–water partition coefficient (Wildman–Crippen LogP) is 1.26. The van der Waals surface area contributed by atoms with Crippen molar-refractivity contribution in [3.63, 3.8) is 0 Å². The number of alkyl halides is 1. The zero-order valence-corrected chi connectivity index (χ0v) is 10.7. The van der Waals surface area contributed by atoms with E-state index in [2.05, 4.69) is 5.32 Å². The molecule has 4 nitrogen and oxygen atoms in total. The van der Waals surface area contributed by atoms with Crippen molar-refractivity contribution in [2.24, 2.45) is 0 Å². The Hall–Kier alpha value is -1.55. The molecule has 0 saturated carbocycles. The van der Waals surface area contributed by atoms with Gasteiger partial charge in [0, 0.05) is 24.7 Å². The molecular formula is C13H15ClN2O2. The van der Waals surface area contributed by atoms with Crippen molar-refractivity contribution in [3.8, 4) is 0 Å². The molecule has 1 N–H and O–H groups in total. The first kappa shape index (κ1) is 12.9. The number of nitrogens with zero attached hydrogens (tertiary/aromatic N) is 1. The zero-order valence-electron chi connectivity index (χ0n) is 9.93. The Bertz CT molecular complexity index is 436. The maximum Gasteiger partial charge on any atom is 0.251 e. The van der Waals surface area contributed by atoms with E-state index >= 15 is 0 Å². The average Bonchev–Trinajstić information content (AvgIpc) is 2.87. The van der Waals surface area contributed by atoms with Gasteiger partial charge in [-0.1, -0.05) is 18.2 Å². The normalized spacial score (nSPS) is 18.7. The van der Waals surface area contributed by atoms with E-state index in [0.717, 1.165) is 6.42 Å². The molecule has 1 aromatic rings. The van der Waals surface area contributed by atoms with Crippen LogP contribution in [0.1, 0.15) is 16.8 Å². The third-order valence-electron chi connectivity index (χ3n) is 3.03. The second kappa shape index (κ2) is 5.87. The third kappa shape index (κ3) is 3.01. The summed E-state index contributed by atoms with van der Waals surface area (Å²) < 4.78 is 0. The first-order chi connectivity index (χ1) is 8.70. The molecule has 0 radical (unpaired) electrons.